The van der Waals surface area contributed by atoms with Crippen LogP contribution in [0.1, 0.15) is 72.1 Å². The van der Waals surface area contributed by atoms with E-state index in [-0.39, 0.29) is 17.7 Å². The molecule has 39 heavy (non-hydrogen) atoms. The fourth-order valence-corrected chi connectivity index (χ4v) is 7.36. The number of thiazole rings is 1. The van der Waals surface area contributed by atoms with Gasteiger partial charge in [0.2, 0.25) is 11.8 Å². The van der Waals surface area contributed by atoms with Crippen molar-refractivity contribution in [1.82, 2.24) is 20.1 Å². The number of hydrogen-bond acceptors (Lipinski definition) is 5. The van der Waals surface area contributed by atoms with Crippen molar-refractivity contribution in [3.8, 4) is 10.4 Å². The van der Waals surface area contributed by atoms with Gasteiger partial charge in [0.15, 0.2) is 0 Å². The number of benzene rings is 2. The Labute approximate surface area is 233 Å². The molecule has 202 valence electrons. The van der Waals surface area contributed by atoms with Gasteiger partial charge in [-0.2, -0.15) is 0 Å². The van der Waals surface area contributed by atoms with Gasteiger partial charge in [0.25, 0.3) is 5.91 Å². The Balaban J connectivity index is 1.16. The molecule has 2 aromatic carbocycles. The number of amides is 3. The molecule has 1 N–H and O–H groups in total. The number of nitrogens with zero attached hydrogens (tertiary/aromatic N) is 3. The molecule has 3 aromatic rings. The molecule has 6 rings (SSSR count). The first-order chi connectivity index (χ1) is 19.0. The van der Waals surface area contributed by atoms with E-state index in [4.69, 9.17) is 0 Å². The number of rotatable bonds is 6. The minimum Gasteiger partial charge on any atom is -0.350 e. The number of carbonyl (C=O) groups excluding carboxylic acids is 3. The maximum atomic E-state index is 14.3. The lowest BCUT2D eigenvalue weighted by Crippen LogP contribution is -2.62. The van der Waals surface area contributed by atoms with Gasteiger partial charge >= 0.3 is 0 Å². The highest BCUT2D eigenvalue weighted by molar-refractivity contribution is 7.13. The summed E-state index contributed by atoms with van der Waals surface area (Å²) in [6.45, 7) is 3.42. The average molecular weight is 543 g/mol. The van der Waals surface area contributed by atoms with E-state index in [9.17, 15) is 14.4 Å². The average Bonchev–Trinajstić information content (AvgIpc) is 3.71. The maximum absolute atomic E-state index is 14.3. The molecule has 0 radical (unpaired) electrons. The molecule has 1 saturated carbocycles. The van der Waals surface area contributed by atoms with Crippen molar-refractivity contribution in [2.45, 2.75) is 76.5 Å². The Bertz CT molecular complexity index is 1390. The number of likely N-dealkylation sites (tertiary alicyclic amines) is 1. The van der Waals surface area contributed by atoms with Crippen LogP contribution in [0.5, 0.6) is 0 Å². The predicted molar refractivity (Wildman–Crippen MR) is 151 cm³/mol. The molecule has 1 atom stereocenters. The van der Waals surface area contributed by atoms with Crippen molar-refractivity contribution in [3.05, 3.63) is 76.4 Å². The van der Waals surface area contributed by atoms with Crippen LogP contribution in [0.4, 0.5) is 0 Å². The zero-order chi connectivity index (χ0) is 27.0. The lowest BCUT2D eigenvalue weighted by atomic mass is 9.78. The Kier molecular flexibility index (Phi) is 6.97. The number of hydrogen-bond donors (Lipinski definition) is 1. The highest BCUT2D eigenvalue weighted by Crippen LogP contribution is 2.41. The number of carbonyl (C=O) groups is 3. The molecule has 3 aliphatic rings. The van der Waals surface area contributed by atoms with E-state index in [1.165, 1.54) is 0 Å². The van der Waals surface area contributed by atoms with E-state index in [1.807, 2.05) is 53.7 Å². The number of nitrogens with one attached hydrogen (secondary N) is 1. The Morgan fingerprint density at radius 3 is 2.54 bits per heavy atom. The summed E-state index contributed by atoms with van der Waals surface area (Å²) in [6.07, 6.45) is 5.63. The quantitative estimate of drug-likeness (QED) is 0.471. The summed E-state index contributed by atoms with van der Waals surface area (Å²) in [5, 5.41) is 3.08. The molecule has 1 aliphatic carbocycles. The summed E-state index contributed by atoms with van der Waals surface area (Å²) < 4.78 is 0. The van der Waals surface area contributed by atoms with E-state index in [0.717, 1.165) is 52.9 Å². The van der Waals surface area contributed by atoms with Crippen molar-refractivity contribution in [3.63, 3.8) is 0 Å². The van der Waals surface area contributed by atoms with Crippen molar-refractivity contribution in [2.24, 2.45) is 0 Å². The number of aryl methyl sites for hydroxylation is 1. The second-order valence-electron chi connectivity index (χ2n) is 11.0. The molecule has 1 saturated heterocycles. The van der Waals surface area contributed by atoms with Gasteiger partial charge in [0.05, 0.1) is 16.1 Å². The van der Waals surface area contributed by atoms with E-state index < -0.39 is 11.6 Å². The van der Waals surface area contributed by atoms with Crippen LogP contribution < -0.4 is 5.32 Å². The zero-order valence-corrected chi connectivity index (χ0v) is 23.1. The first-order valence-electron chi connectivity index (χ1n) is 14.0. The van der Waals surface area contributed by atoms with Crippen molar-refractivity contribution < 1.29 is 14.4 Å². The normalized spacial score (nSPS) is 20.2. The summed E-state index contributed by atoms with van der Waals surface area (Å²) >= 11 is 1.62. The van der Waals surface area contributed by atoms with Gasteiger partial charge in [-0.3, -0.25) is 14.4 Å². The minimum absolute atomic E-state index is 0.0507. The van der Waals surface area contributed by atoms with E-state index in [0.29, 0.717) is 44.5 Å². The van der Waals surface area contributed by atoms with E-state index in [2.05, 4.69) is 22.4 Å². The predicted octanol–water partition coefficient (Wildman–Crippen LogP) is 5.08. The zero-order valence-electron chi connectivity index (χ0n) is 22.3. The fraction of sp³-hybridized carbons (Fsp3) is 0.419. The van der Waals surface area contributed by atoms with Gasteiger partial charge < -0.3 is 15.1 Å². The van der Waals surface area contributed by atoms with Crippen LogP contribution in [0.15, 0.2) is 54.0 Å². The highest BCUT2D eigenvalue weighted by atomic mass is 32.1. The SMILES string of the molecule is Cc1ncsc1-c1ccc(CNC(=O)C2CCCN2C(=O)C2(N3Cc4ccccc4C3=O)CCCCC2)cc1. The lowest BCUT2D eigenvalue weighted by molar-refractivity contribution is -0.149. The van der Waals surface area contributed by atoms with Gasteiger partial charge in [0, 0.05) is 25.2 Å². The Morgan fingerprint density at radius 1 is 1.05 bits per heavy atom. The number of aromatic nitrogens is 1. The molecule has 3 heterocycles. The van der Waals surface area contributed by atoms with E-state index >= 15 is 0 Å². The molecule has 8 heteroatoms. The van der Waals surface area contributed by atoms with Crippen molar-refractivity contribution in [2.75, 3.05) is 6.54 Å². The second kappa shape index (κ2) is 10.6. The smallest absolute Gasteiger partial charge is 0.255 e. The Morgan fingerprint density at radius 2 is 1.82 bits per heavy atom. The van der Waals surface area contributed by atoms with Crippen LogP contribution >= 0.6 is 11.3 Å². The highest BCUT2D eigenvalue weighted by Gasteiger charge is 2.53. The summed E-state index contributed by atoms with van der Waals surface area (Å²) in [7, 11) is 0. The third kappa shape index (κ3) is 4.65. The Hall–Kier alpha value is -3.52. The largest absolute Gasteiger partial charge is 0.350 e. The first-order valence-corrected chi connectivity index (χ1v) is 14.8. The third-order valence-electron chi connectivity index (χ3n) is 8.66. The van der Waals surface area contributed by atoms with E-state index in [1.54, 1.807) is 16.2 Å². The number of fused-ring (bicyclic) bond motifs is 1. The molecule has 1 unspecified atom stereocenters. The van der Waals surface area contributed by atoms with Gasteiger partial charge in [-0.1, -0.05) is 61.7 Å². The molecule has 0 bridgehead atoms. The maximum Gasteiger partial charge on any atom is 0.255 e. The van der Waals surface area contributed by atoms with Crippen molar-refractivity contribution in [1.29, 1.82) is 0 Å². The van der Waals surface area contributed by atoms with Crippen molar-refractivity contribution >= 4 is 29.1 Å². The lowest BCUT2D eigenvalue weighted by Gasteiger charge is -2.45. The summed E-state index contributed by atoms with van der Waals surface area (Å²) in [5.74, 6) is -0.228. The second-order valence-corrected chi connectivity index (χ2v) is 11.8. The van der Waals surface area contributed by atoms with Gasteiger partial charge in [-0.05, 0) is 55.4 Å². The van der Waals surface area contributed by atoms with Gasteiger partial charge in [-0.15, -0.1) is 11.3 Å². The molecule has 0 spiro atoms. The van der Waals surface area contributed by atoms with Crippen LogP contribution in [-0.2, 0) is 22.7 Å². The third-order valence-corrected chi connectivity index (χ3v) is 9.64. The minimum atomic E-state index is -0.873. The topological polar surface area (TPSA) is 82.6 Å². The molecule has 1 aromatic heterocycles. The van der Waals surface area contributed by atoms with Crippen LogP contribution in [0.25, 0.3) is 10.4 Å². The van der Waals surface area contributed by atoms with Crippen LogP contribution in [-0.4, -0.2) is 50.6 Å². The van der Waals surface area contributed by atoms with Crippen LogP contribution in [0, 0.1) is 6.92 Å². The van der Waals surface area contributed by atoms with Crippen LogP contribution in [0.3, 0.4) is 0 Å². The monoisotopic (exact) mass is 542 g/mol. The standard InChI is InChI=1S/C31H34N4O3S/c1-21-27(39-20-33-21)23-13-11-22(12-14-23)18-32-28(36)26-10-7-17-34(26)30(38)31(15-5-2-6-16-31)35-19-24-8-3-4-9-25(24)29(35)37/h3-4,8-9,11-14,20,26H,2,5-7,10,15-19H2,1H3,(H,32,36). The molecule has 3 amide bonds. The van der Waals surface area contributed by atoms with Gasteiger partial charge in [-0.25, -0.2) is 4.98 Å². The summed E-state index contributed by atoms with van der Waals surface area (Å²) in [6, 6.07) is 15.3. The molecule has 2 fully saturated rings. The fourth-order valence-electron chi connectivity index (χ4n) is 6.55. The first kappa shape index (κ1) is 25.7. The molecular weight excluding hydrogens is 508 g/mol. The van der Waals surface area contributed by atoms with Crippen LogP contribution in [0.2, 0.25) is 0 Å². The van der Waals surface area contributed by atoms with Gasteiger partial charge in [0.1, 0.15) is 11.6 Å². The molecule has 2 aliphatic heterocycles. The summed E-state index contributed by atoms with van der Waals surface area (Å²) in [4.78, 5) is 50.3. The summed E-state index contributed by atoms with van der Waals surface area (Å²) in [5.41, 5.74) is 5.80. The molecule has 7 nitrogen and oxygen atoms in total. The molecular formula is C31H34N4O3S.